The molecule has 2 unspecified atom stereocenters. The van der Waals surface area contributed by atoms with Crippen LogP contribution in [0.3, 0.4) is 0 Å². The number of aliphatic carboxylic acids is 1. The van der Waals surface area contributed by atoms with Gasteiger partial charge >= 0.3 is 13.1 Å². The molecule has 2 N–H and O–H groups in total. The summed E-state index contributed by atoms with van der Waals surface area (Å²) in [7, 11) is -0.304. The van der Waals surface area contributed by atoms with Crippen LogP contribution in [0, 0.1) is 5.92 Å². The van der Waals surface area contributed by atoms with Crippen LogP contribution in [0.1, 0.15) is 60.3 Å². The molecule has 9 heteroatoms. The summed E-state index contributed by atoms with van der Waals surface area (Å²) >= 11 is 6.01. The number of carboxylic acids is 1. The van der Waals surface area contributed by atoms with Crippen molar-refractivity contribution in [3.63, 3.8) is 0 Å². The van der Waals surface area contributed by atoms with Crippen LogP contribution in [0.4, 0.5) is 5.69 Å². The molecule has 0 radical (unpaired) electrons. The Labute approximate surface area is 202 Å². The third-order valence-corrected chi connectivity index (χ3v) is 7.67. The number of halogens is 1. The van der Waals surface area contributed by atoms with Crippen LogP contribution in [-0.2, 0) is 18.9 Å². The third-order valence-electron chi connectivity index (χ3n) is 7.42. The van der Waals surface area contributed by atoms with E-state index in [1.165, 1.54) is 6.92 Å². The molecule has 0 spiro atoms. The van der Waals surface area contributed by atoms with Gasteiger partial charge in [-0.15, -0.1) is 0 Å². The van der Waals surface area contributed by atoms with Gasteiger partial charge in [-0.25, -0.2) is 4.79 Å². The van der Waals surface area contributed by atoms with E-state index in [1.54, 1.807) is 0 Å². The van der Waals surface area contributed by atoms with Gasteiger partial charge in [0.15, 0.2) is 0 Å². The molecule has 0 bridgehead atoms. The van der Waals surface area contributed by atoms with E-state index < -0.39 is 11.5 Å². The van der Waals surface area contributed by atoms with Crippen LogP contribution in [-0.4, -0.2) is 53.9 Å². The van der Waals surface area contributed by atoms with Gasteiger partial charge in [-0.1, -0.05) is 24.4 Å². The van der Waals surface area contributed by atoms with E-state index in [9.17, 15) is 14.7 Å². The standard InChI is InChI=1S/C24H36BClN2O5/c1-17(29)27-24(21(30)31,13-6-7-14-25-32-22(2,3)23(4,5)33-25)18-12-15-28(16-18)20-10-8-19(26)9-11-20/h8-11,18H,6-7,12-16H2,1-5H3,(H,27,29)(H,30,31). The topological polar surface area (TPSA) is 88.1 Å². The Balaban J connectivity index is 1.65. The lowest BCUT2D eigenvalue weighted by molar-refractivity contribution is -0.150. The van der Waals surface area contributed by atoms with Crippen LogP contribution in [0.15, 0.2) is 24.3 Å². The molecule has 2 saturated heterocycles. The first-order valence-corrected chi connectivity index (χ1v) is 12.1. The Bertz CT molecular complexity index is 847. The Morgan fingerprint density at radius 1 is 1.18 bits per heavy atom. The van der Waals surface area contributed by atoms with Crippen molar-refractivity contribution < 1.29 is 24.0 Å². The molecular weight excluding hydrogens is 443 g/mol. The number of carbonyl (C=O) groups excluding carboxylic acids is 1. The maximum absolute atomic E-state index is 12.6. The molecule has 2 fully saturated rings. The molecule has 0 aromatic heterocycles. The smallest absolute Gasteiger partial charge is 0.457 e. The van der Waals surface area contributed by atoms with Gasteiger partial charge in [0.05, 0.1) is 11.2 Å². The van der Waals surface area contributed by atoms with E-state index in [-0.39, 0.29) is 30.1 Å². The largest absolute Gasteiger partial charge is 0.479 e. The molecule has 1 aromatic rings. The average Bonchev–Trinajstić information content (AvgIpc) is 3.27. The van der Waals surface area contributed by atoms with Crippen molar-refractivity contribution in [1.82, 2.24) is 5.32 Å². The molecule has 33 heavy (non-hydrogen) atoms. The minimum absolute atomic E-state index is 0.202. The highest BCUT2D eigenvalue weighted by atomic mass is 35.5. The number of nitrogens with one attached hydrogen (secondary N) is 1. The second-order valence-electron chi connectivity index (χ2n) is 10.3. The van der Waals surface area contributed by atoms with Crippen LogP contribution in [0.25, 0.3) is 0 Å². The fourth-order valence-corrected chi connectivity index (χ4v) is 4.99. The highest BCUT2D eigenvalue weighted by Gasteiger charge is 2.51. The summed E-state index contributed by atoms with van der Waals surface area (Å²) in [6, 6.07) is 7.54. The molecule has 2 heterocycles. The molecule has 1 amide bonds. The summed E-state index contributed by atoms with van der Waals surface area (Å²) in [6.07, 6.45) is 3.13. The molecule has 0 saturated carbocycles. The fraction of sp³-hybridized carbons (Fsp3) is 0.667. The minimum atomic E-state index is -1.30. The lowest BCUT2D eigenvalue weighted by Crippen LogP contribution is -2.59. The number of rotatable bonds is 9. The number of carbonyl (C=O) groups is 2. The summed E-state index contributed by atoms with van der Waals surface area (Å²) in [5.74, 6) is -1.50. The van der Waals surface area contributed by atoms with Crippen molar-refractivity contribution in [2.45, 2.75) is 83.4 Å². The summed E-state index contributed by atoms with van der Waals surface area (Å²) in [5.41, 5.74) is -1.06. The predicted octanol–water partition coefficient (Wildman–Crippen LogP) is 4.39. The molecule has 2 aliphatic rings. The number of nitrogens with zero attached hydrogens (tertiary/aromatic N) is 1. The molecule has 3 rings (SSSR count). The Hall–Kier alpha value is -1.77. The van der Waals surface area contributed by atoms with E-state index in [0.29, 0.717) is 37.2 Å². The first kappa shape index (κ1) is 25.9. The normalized spacial score (nSPS) is 23.4. The van der Waals surface area contributed by atoms with E-state index in [4.69, 9.17) is 20.9 Å². The summed E-state index contributed by atoms with van der Waals surface area (Å²) in [6.45, 7) is 10.8. The lowest BCUT2D eigenvalue weighted by Gasteiger charge is -2.36. The zero-order chi connectivity index (χ0) is 24.4. The van der Waals surface area contributed by atoms with E-state index >= 15 is 0 Å². The zero-order valence-corrected chi connectivity index (χ0v) is 21.1. The van der Waals surface area contributed by atoms with Gasteiger partial charge < -0.3 is 24.6 Å². The third kappa shape index (κ3) is 5.66. The minimum Gasteiger partial charge on any atom is -0.479 e. The summed E-state index contributed by atoms with van der Waals surface area (Å²) in [5, 5.41) is 13.8. The molecule has 2 aliphatic heterocycles. The Morgan fingerprint density at radius 2 is 1.79 bits per heavy atom. The van der Waals surface area contributed by atoms with E-state index in [1.807, 2.05) is 52.0 Å². The second-order valence-corrected chi connectivity index (χ2v) is 10.7. The second kappa shape index (κ2) is 9.84. The maximum atomic E-state index is 12.6. The Kier molecular flexibility index (Phi) is 7.71. The quantitative estimate of drug-likeness (QED) is 0.404. The number of carboxylic acid groups (broad SMARTS) is 1. The van der Waals surface area contributed by atoms with Crippen LogP contribution >= 0.6 is 11.6 Å². The van der Waals surface area contributed by atoms with E-state index in [2.05, 4.69) is 10.2 Å². The molecule has 1 aromatic carbocycles. The number of anilines is 1. The first-order valence-electron chi connectivity index (χ1n) is 11.7. The van der Waals surface area contributed by atoms with Crippen molar-refractivity contribution >= 4 is 36.3 Å². The van der Waals surface area contributed by atoms with Crippen molar-refractivity contribution in [1.29, 1.82) is 0 Å². The fourth-order valence-electron chi connectivity index (χ4n) is 4.86. The van der Waals surface area contributed by atoms with Crippen LogP contribution < -0.4 is 10.2 Å². The van der Waals surface area contributed by atoms with Gasteiger partial charge in [0.2, 0.25) is 5.91 Å². The van der Waals surface area contributed by atoms with E-state index in [0.717, 1.165) is 18.7 Å². The van der Waals surface area contributed by atoms with Crippen molar-refractivity contribution in [3.8, 4) is 0 Å². The van der Waals surface area contributed by atoms with Gasteiger partial charge in [-0.05, 0) is 71.1 Å². The van der Waals surface area contributed by atoms with Gasteiger partial charge in [-0.3, -0.25) is 4.79 Å². The monoisotopic (exact) mass is 478 g/mol. The van der Waals surface area contributed by atoms with Gasteiger partial charge in [0.25, 0.3) is 0 Å². The van der Waals surface area contributed by atoms with Gasteiger partial charge in [0, 0.05) is 36.6 Å². The van der Waals surface area contributed by atoms with Gasteiger partial charge in [-0.2, -0.15) is 0 Å². The number of hydrogen-bond acceptors (Lipinski definition) is 5. The Morgan fingerprint density at radius 3 is 2.33 bits per heavy atom. The average molecular weight is 479 g/mol. The van der Waals surface area contributed by atoms with Crippen molar-refractivity contribution in [2.24, 2.45) is 5.92 Å². The number of amides is 1. The number of unbranched alkanes of at least 4 members (excludes halogenated alkanes) is 1. The first-order chi connectivity index (χ1) is 15.4. The molecule has 0 aliphatic carbocycles. The van der Waals surface area contributed by atoms with Crippen molar-refractivity contribution in [3.05, 3.63) is 29.3 Å². The SMILES string of the molecule is CC(=O)NC(CCCCB1OC(C)(C)C(C)(C)O1)(C(=O)O)C1CCN(c2ccc(Cl)cc2)C1. The molecule has 2 atom stereocenters. The van der Waals surface area contributed by atoms with Crippen molar-refractivity contribution in [2.75, 3.05) is 18.0 Å². The van der Waals surface area contributed by atoms with Crippen LogP contribution in [0.5, 0.6) is 0 Å². The lowest BCUT2D eigenvalue weighted by atomic mass is 9.76. The maximum Gasteiger partial charge on any atom is 0.457 e. The number of benzene rings is 1. The molecular formula is C24H36BClN2O5. The molecule has 182 valence electrons. The highest BCUT2D eigenvalue weighted by molar-refractivity contribution is 6.45. The number of hydrogen-bond donors (Lipinski definition) is 2. The van der Waals surface area contributed by atoms with Gasteiger partial charge in [0.1, 0.15) is 5.54 Å². The zero-order valence-electron chi connectivity index (χ0n) is 20.3. The predicted molar refractivity (Wildman–Crippen MR) is 131 cm³/mol. The summed E-state index contributed by atoms with van der Waals surface area (Å²) in [4.78, 5) is 26.8. The molecule has 7 nitrogen and oxygen atoms in total. The highest BCUT2D eigenvalue weighted by Crippen LogP contribution is 2.39. The van der Waals surface area contributed by atoms with Crippen LogP contribution in [0.2, 0.25) is 11.3 Å². The summed E-state index contributed by atoms with van der Waals surface area (Å²) < 4.78 is 12.1.